The van der Waals surface area contributed by atoms with Crippen molar-refractivity contribution >= 4 is 54.6 Å². The van der Waals surface area contributed by atoms with Gasteiger partial charge in [0, 0.05) is 32.7 Å². The molecule has 252 valence electrons. The predicted octanol–water partition coefficient (Wildman–Crippen LogP) is 13.2. The third-order valence-electron chi connectivity index (χ3n) is 10.3. The molecule has 0 aliphatic carbocycles. The van der Waals surface area contributed by atoms with E-state index in [-0.39, 0.29) is 0 Å². The fourth-order valence-corrected chi connectivity index (χ4v) is 7.70. The number of para-hydroxylation sites is 3. The summed E-state index contributed by atoms with van der Waals surface area (Å²) >= 11 is 0. The number of benzene rings is 8. The molecule has 11 aromatic rings. The molecular weight excluding hydrogens is 663 g/mol. The average molecular weight is 692 g/mol. The lowest BCUT2D eigenvalue weighted by atomic mass is 9.96. The van der Waals surface area contributed by atoms with Crippen LogP contribution in [-0.2, 0) is 0 Å². The molecule has 0 spiro atoms. The zero-order valence-electron chi connectivity index (χ0n) is 28.9. The SMILES string of the molecule is c1ccc(-c2cccc3ccc(-c4nc(-c5cccc(-c6ccc7c(c6)oc6ccccc67)c5)nc(-c5cccc6c5oc5ccccc56)n4)cc23)cc1. The molecule has 3 aromatic heterocycles. The van der Waals surface area contributed by atoms with Crippen LogP contribution in [0.25, 0.3) is 111 Å². The molecule has 0 atom stereocenters. The maximum absolute atomic E-state index is 6.48. The largest absolute Gasteiger partial charge is 0.456 e. The molecule has 11 rings (SSSR count). The molecule has 0 radical (unpaired) electrons. The van der Waals surface area contributed by atoms with Gasteiger partial charge in [0.2, 0.25) is 0 Å². The Morgan fingerprint density at radius 1 is 0.296 bits per heavy atom. The van der Waals surface area contributed by atoms with Crippen LogP contribution in [0.1, 0.15) is 0 Å². The highest BCUT2D eigenvalue weighted by atomic mass is 16.3. The minimum atomic E-state index is 0.546. The Hall–Kier alpha value is -7.37. The molecule has 54 heavy (non-hydrogen) atoms. The number of nitrogens with zero attached hydrogens (tertiary/aromatic N) is 3. The summed E-state index contributed by atoms with van der Waals surface area (Å²) < 4.78 is 12.7. The van der Waals surface area contributed by atoms with Gasteiger partial charge in [-0.3, -0.25) is 0 Å². The Kier molecular flexibility index (Phi) is 6.79. The Morgan fingerprint density at radius 3 is 1.72 bits per heavy atom. The second-order valence-corrected chi connectivity index (χ2v) is 13.6. The van der Waals surface area contributed by atoms with Gasteiger partial charge in [0.05, 0.1) is 5.56 Å². The average Bonchev–Trinajstić information content (AvgIpc) is 3.82. The Morgan fingerprint density at radius 2 is 0.870 bits per heavy atom. The van der Waals surface area contributed by atoms with Gasteiger partial charge in [-0.15, -0.1) is 0 Å². The Balaban J connectivity index is 1.10. The minimum Gasteiger partial charge on any atom is -0.456 e. The first-order chi connectivity index (χ1) is 26.7. The fraction of sp³-hybridized carbons (Fsp3) is 0. The van der Waals surface area contributed by atoms with Gasteiger partial charge in [-0.05, 0) is 75.5 Å². The van der Waals surface area contributed by atoms with E-state index in [1.54, 1.807) is 0 Å². The smallest absolute Gasteiger partial charge is 0.167 e. The highest BCUT2D eigenvalue weighted by Crippen LogP contribution is 2.38. The molecule has 0 bridgehead atoms. The van der Waals surface area contributed by atoms with Crippen molar-refractivity contribution in [2.24, 2.45) is 0 Å². The summed E-state index contributed by atoms with van der Waals surface area (Å²) in [4.78, 5) is 15.5. The van der Waals surface area contributed by atoms with E-state index in [2.05, 4.69) is 121 Å². The van der Waals surface area contributed by atoms with Crippen molar-refractivity contribution in [3.05, 3.63) is 176 Å². The van der Waals surface area contributed by atoms with Gasteiger partial charge >= 0.3 is 0 Å². The number of fused-ring (bicyclic) bond motifs is 7. The summed E-state index contributed by atoms with van der Waals surface area (Å²) in [7, 11) is 0. The van der Waals surface area contributed by atoms with Crippen LogP contribution in [0.15, 0.2) is 185 Å². The van der Waals surface area contributed by atoms with Crippen LogP contribution < -0.4 is 0 Å². The highest BCUT2D eigenvalue weighted by molar-refractivity contribution is 6.09. The van der Waals surface area contributed by atoms with E-state index in [9.17, 15) is 0 Å². The fourth-order valence-electron chi connectivity index (χ4n) is 7.70. The standard InChI is InChI=1S/C49H29N3O2/c1-2-11-30(12-3-1)36-18-9-13-31-23-24-35(28-42(31)36)48-50-47(51-49(52-48)41-20-10-19-40-38-17-5-7-22-44(38)54-46(40)41)34-15-8-14-32(27-34)33-25-26-39-37-16-4-6-21-43(37)53-45(39)29-33/h1-29H. The molecule has 0 amide bonds. The van der Waals surface area contributed by atoms with Crippen LogP contribution in [0.3, 0.4) is 0 Å². The van der Waals surface area contributed by atoms with Crippen molar-refractivity contribution < 1.29 is 8.83 Å². The lowest BCUT2D eigenvalue weighted by Crippen LogP contribution is -2.00. The second kappa shape index (κ2) is 12.1. The van der Waals surface area contributed by atoms with E-state index in [0.717, 1.165) is 93.6 Å². The highest BCUT2D eigenvalue weighted by Gasteiger charge is 2.19. The van der Waals surface area contributed by atoms with E-state index < -0.39 is 0 Å². The molecular formula is C49H29N3O2. The lowest BCUT2D eigenvalue weighted by Gasteiger charge is -2.12. The quantitative estimate of drug-likeness (QED) is 0.180. The molecule has 0 unspecified atom stereocenters. The topological polar surface area (TPSA) is 65.0 Å². The zero-order valence-corrected chi connectivity index (χ0v) is 28.9. The molecule has 5 nitrogen and oxygen atoms in total. The van der Waals surface area contributed by atoms with Crippen LogP contribution in [0.4, 0.5) is 0 Å². The zero-order chi connectivity index (χ0) is 35.6. The first kappa shape index (κ1) is 30.3. The molecule has 0 fully saturated rings. The first-order valence-electron chi connectivity index (χ1n) is 18.0. The number of rotatable bonds is 5. The summed E-state index contributed by atoms with van der Waals surface area (Å²) in [5.41, 5.74) is 10.3. The van der Waals surface area contributed by atoms with Gasteiger partial charge in [-0.25, -0.2) is 15.0 Å². The molecule has 5 heteroatoms. The summed E-state index contributed by atoms with van der Waals surface area (Å²) in [5, 5.41) is 6.57. The number of furan rings is 2. The molecule has 8 aromatic carbocycles. The van der Waals surface area contributed by atoms with Gasteiger partial charge < -0.3 is 8.83 Å². The monoisotopic (exact) mass is 691 g/mol. The summed E-state index contributed by atoms with van der Waals surface area (Å²) in [6.45, 7) is 0. The number of hydrogen-bond acceptors (Lipinski definition) is 5. The summed E-state index contributed by atoms with van der Waals surface area (Å²) in [5.74, 6) is 1.71. The third kappa shape index (κ3) is 4.98. The van der Waals surface area contributed by atoms with E-state index in [4.69, 9.17) is 23.8 Å². The van der Waals surface area contributed by atoms with E-state index in [0.29, 0.717) is 17.5 Å². The first-order valence-corrected chi connectivity index (χ1v) is 18.0. The molecule has 0 saturated heterocycles. The summed E-state index contributed by atoms with van der Waals surface area (Å²) in [6, 6.07) is 60.5. The van der Waals surface area contributed by atoms with Crippen molar-refractivity contribution in [3.63, 3.8) is 0 Å². The number of aromatic nitrogens is 3. The van der Waals surface area contributed by atoms with Crippen LogP contribution in [-0.4, -0.2) is 15.0 Å². The Labute approximate surface area is 309 Å². The number of hydrogen-bond donors (Lipinski definition) is 0. The molecule has 0 aliphatic heterocycles. The predicted molar refractivity (Wildman–Crippen MR) is 219 cm³/mol. The third-order valence-corrected chi connectivity index (χ3v) is 10.3. The Bertz CT molecular complexity index is 3230. The van der Waals surface area contributed by atoms with Gasteiger partial charge in [0.15, 0.2) is 17.5 Å². The van der Waals surface area contributed by atoms with Gasteiger partial charge in [-0.1, -0.05) is 133 Å². The van der Waals surface area contributed by atoms with Gasteiger partial charge in [0.1, 0.15) is 22.3 Å². The second-order valence-electron chi connectivity index (χ2n) is 13.6. The molecule has 3 heterocycles. The van der Waals surface area contributed by atoms with E-state index in [1.807, 2.05) is 54.6 Å². The molecule has 0 N–H and O–H groups in total. The molecule has 0 aliphatic rings. The van der Waals surface area contributed by atoms with E-state index in [1.165, 1.54) is 0 Å². The van der Waals surface area contributed by atoms with Gasteiger partial charge in [0.25, 0.3) is 0 Å². The normalized spacial score (nSPS) is 11.7. The summed E-state index contributed by atoms with van der Waals surface area (Å²) in [6.07, 6.45) is 0. The van der Waals surface area contributed by atoms with Crippen molar-refractivity contribution in [1.29, 1.82) is 0 Å². The van der Waals surface area contributed by atoms with Crippen molar-refractivity contribution in [2.45, 2.75) is 0 Å². The maximum atomic E-state index is 6.48. The van der Waals surface area contributed by atoms with E-state index >= 15 is 0 Å². The van der Waals surface area contributed by atoms with Crippen molar-refractivity contribution in [3.8, 4) is 56.4 Å². The lowest BCUT2D eigenvalue weighted by molar-refractivity contribution is 0.669. The minimum absolute atomic E-state index is 0.546. The van der Waals surface area contributed by atoms with Crippen molar-refractivity contribution in [2.75, 3.05) is 0 Å². The van der Waals surface area contributed by atoms with Crippen LogP contribution >= 0.6 is 0 Å². The van der Waals surface area contributed by atoms with Crippen LogP contribution in [0.2, 0.25) is 0 Å². The van der Waals surface area contributed by atoms with Gasteiger partial charge in [-0.2, -0.15) is 0 Å². The van der Waals surface area contributed by atoms with Crippen molar-refractivity contribution in [1.82, 2.24) is 15.0 Å². The van der Waals surface area contributed by atoms with Crippen LogP contribution in [0, 0.1) is 0 Å². The van der Waals surface area contributed by atoms with Crippen LogP contribution in [0.5, 0.6) is 0 Å². The molecule has 0 saturated carbocycles. The maximum Gasteiger partial charge on any atom is 0.167 e.